The number of esters is 1. The molecule has 2 aromatic rings. The number of fused-ring (bicyclic) bond motifs is 3. The first kappa shape index (κ1) is 16.1. The van der Waals surface area contributed by atoms with Gasteiger partial charge in [0.25, 0.3) is 0 Å². The molecule has 8 heteroatoms. The van der Waals surface area contributed by atoms with Crippen LogP contribution >= 0.6 is 0 Å². The molecule has 0 radical (unpaired) electrons. The van der Waals surface area contributed by atoms with Crippen molar-refractivity contribution in [3.05, 3.63) is 47.7 Å². The molecular formula is C16H10F4O4. The van der Waals surface area contributed by atoms with Gasteiger partial charge in [-0.25, -0.2) is 9.18 Å². The number of allylic oxidation sites excluding steroid dienone is 3. The predicted molar refractivity (Wildman–Crippen MR) is 75.6 cm³/mol. The topological polar surface area (TPSA) is 48.7 Å². The van der Waals surface area contributed by atoms with Gasteiger partial charge in [0.15, 0.2) is 17.3 Å². The molecule has 4 nitrogen and oxygen atoms in total. The van der Waals surface area contributed by atoms with E-state index in [2.05, 4.69) is 4.74 Å². The number of benzene rings is 1. The first-order valence-electron chi connectivity index (χ1n) is 6.88. The SMILES string of the molecule is CCOC(=O)/C=C1/C(F)=C(C(F)(F)F)Oc2c1oc1ccccc21. The highest BCUT2D eigenvalue weighted by Gasteiger charge is 2.45. The van der Waals surface area contributed by atoms with Crippen molar-refractivity contribution in [1.82, 2.24) is 0 Å². The highest BCUT2D eigenvalue weighted by Crippen LogP contribution is 2.48. The number of carbonyl (C=O) groups excluding carboxylic acids is 1. The van der Waals surface area contributed by atoms with Crippen LogP contribution in [0.25, 0.3) is 16.5 Å². The van der Waals surface area contributed by atoms with Crippen LogP contribution in [-0.4, -0.2) is 18.8 Å². The standard InChI is InChI=1S/C16H10F4O4/c1-2-22-11(21)7-9-12(17)15(16(18,19)20)24-13-8-5-3-4-6-10(8)23-14(9)13/h3-7H,2H2,1H3/b9-7-. The predicted octanol–water partition coefficient (Wildman–Crippen LogP) is 4.52. The summed E-state index contributed by atoms with van der Waals surface area (Å²) in [6, 6.07) is 6.12. The molecule has 1 aromatic carbocycles. The third-order valence-corrected chi connectivity index (χ3v) is 3.24. The summed E-state index contributed by atoms with van der Waals surface area (Å²) in [7, 11) is 0. The van der Waals surface area contributed by atoms with Crippen LogP contribution in [0.1, 0.15) is 12.7 Å². The van der Waals surface area contributed by atoms with E-state index in [4.69, 9.17) is 9.15 Å². The number of alkyl halides is 3. The van der Waals surface area contributed by atoms with Gasteiger partial charge in [-0.3, -0.25) is 0 Å². The Labute approximate surface area is 132 Å². The van der Waals surface area contributed by atoms with Gasteiger partial charge in [0.1, 0.15) is 5.58 Å². The number of para-hydroxylation sites is 1. The highest BCUT2D eigenvalue weighted by atomic mass is 19.4. The maximum Gasteiger partial charge on any atom is 0.452 e. The lowest BCUT2D eigenvalue weighted by Crippen LogP contribution is -2.22. The fourth-order valence-electron chi connectivity index (χ4n) is 2.28. The largest absolute Gasteiger partial charge is 0.463 e. The minimum atomic E-state index is -5.08. The van der Waals surface area contributed by atoms with E-state index in [0.29, 0.717) is 6.08 Å². The Bertz CT molecular complexity index is 874. The molecule has 2 heterocycles. The summed E-state index contributed by atoms with van der Waals surface area (Å²) in [5.41, 5.74) is -0.466. The average Bonchev–Trinajstić information content (AvgIpc) is 2.87. The molecular weight excluding hydrogens is 332 g/mol. The van der Waals surface area contributed by atoms with E-state index in [1.807, 2.05) is 0 Å². The van der Waals surface area contributed by atoms with Crippen molar-refractivity contribution in [1.29, 1.82) is 0 Å². The Morgan fingerprint density at radius 2 is 2.00 bits per heavy atom. The molecule has 0 amide bonds. The van der Waals surface area contributed by atoms with Crippen molar-refractivity contribution in [3.8, 4) is 5.75 Å². The van der Waals surface area contributed by atoms with Gasteiger partial charge in [-0.2, -0.15) is 13.2 Å². The fourth-order valence-corrected chi connectivity index (χ4v) is 2.28. The van der Waals surface area contributed by atoms with Crippen LogP contribution in [0.5, 0.6) is 5.75 Å². The molecule has 0 fully saturated rings. The quantitative estimate of drug-likeness (QED) is 0.458. The van der Waals surface area contributed by atoms with Crippen LogP contribution in [0.15, 0.2) is 46.3 Å². The van der Waals surface area contributed by atoms with E-state index in [1.54, 1.807) is 12.1 Å². The maximum absolute atomic E-state index is 14.3. The number of hydrogen-bond donors (Lipinski definition) is 0. The van der Waals surface area contributed by atoms with Gasteiger partial charge in [0, 0.05) is 6.08 Å². The summed E-state index contributed by atoms with van der Waals surface area (Å²) in [5.74, 6) is -5.15. The molecule has 0 bridgehead atoms. The Morgan fingerprint density at radius 1 is 1.29 bits per heavy atom. The minimum Gasteiger partial charge on any atom is -0.463 e. The fraction of sp³-hybridized carbons (Fsp3) is 0.188. The van der Waals surface area contributed by atoms with Crippen molar-refractivity contribution in [3.63, 3.8) is 0 Å². The van der Waals surface area contributed by atoms with Gasteiger partial charge in [-0.15, -0.1) is 0 Å². The number of ether oxygens (including phenoxy) is 2. The van der Waals surface area contributed by atoms with Crippen molar-refractivity contribution in [2.45, 2.75) is 13.1 Å². The van der Waals surface area contributed by atoms with Crippen molar-refractivity contribution in [2.24, 2.45) is 0 Å². The van der Waals surface area contributed by atoms with Crippen LogP contribution in [0.4, 0.5) is 17.6 Å². The maximum atomic E-state index is 14.3. The van der Waals surface area contributed by atoms with Gasteiger partial charge in [0.2, 0.25) is 5.76 Å². The molecule has 1 aliphatic heterocycles. The lowest BCUT2D eigenvalue weighted by Gasteiger charge is -2.19. The van der Waals surface area contributed by atoms with Crippen LogP contribution < -0.4 is 4.74 Å². The van der Waals surface area contributed by atoms with Crippen LogP contribution in [-0.2, 0) is 9.53 Å². The van der Waals surface area contributed by atoms with Gasteiger partial charge >= 0.3 is 12.1 Å². The second kappa shape index (κ2) is 5.70. The lowest BCUT2D eigenvalue weighted by atomic mass is 10.1. The number of halogens is 4. The first-order valence-corrected chi connectivity index (χ1v) is 6.88. The monoisotopic (exact) mass is 342 g/mol. The zero-order valence-corrected chi connectivity index (χ0v) is 12.2. The zero-order valence-electron chi connectivity index (χ0n) is 12.2. The van der Waals surface area contributed by atoms with Gasteiger partial charge in [-0.1, -0.05) is 12.1 Å². The Balaban J connectivity index is 2.25. The first-order chi connectivity index (χ1) is 11.3. The minimum absolute atomic E-state index is 0.0104. The van der Waals surface area contributed by atoms with E-state index in [1.165, 1.54) is 19.1 Å². The van der Waals surface area contributed by atoms with Crippen LogP contribution in [0.3, 0.4) is 0 Å². The summed E-state index contributed by atoms with van der Waals surface area (Å²) in [4.78, 5) is 11.6. The molecule has 0 saturated carbocycles. The highest BCUT2D eigenvalue weighted by molar-refractivity contribution is 6.00. The summed E-state index contributed by atoms with van der Waals surface area (Å²) in [5, 5.41) is 0.233. The molecule has 0 aliphatic carbocycles. The van der Waals surface area contributed by atoms with E-state index >= 15 is 0 Å². The van der Waals surface area contributed by atoms with E-state index in [0.717, 1.165) is 0 Å². The summed E-state index contributed by atoms with van der Waals surface area (Å²) < 4.78 is 68.2. The molecule has 3 rings (SSSR count). The van der Waals surface area contributed by atoms with Crippen LogP contribution in [0.2, 0.25) is 0 Å². The van der Waals surface area contributed by atoms with Crippen molar-refractivity contribution < 1.29 is 36.2 Å². The van der Waals surface area contributed by atoms with Gasteiger partial charge in [-0.05, 0) is 19.1 Å². The van der Waals surface area contributed by atoms with Crippen molar-refractivity contribution >= 4 is 22.5 Å². The Kier molecular flexibility index (Phi) is 3.82. The van der Waals surface area contributed by atoms with E-state index in [9.17, 15) is 22.4 Å². The average molecular weight is 342 g/mol. The van der Waals surface area contributed by atoms with E-state index < -0.39 is 29.3 Å². The lowest BCUT2D eigenvalue weighted by molar-refractivity contribution is -0.137. The summed E-state index contributed by atoms with van der Waals surface area (Å²) in [6.07, 6.45) is -4.46. The third kappa shape index (κ3) is 2.64. The molecule has 126 valence electrons. The third-order valence-electron chi connectivity index (χ3n) is 3.24. The van der Waals surface area contributed by atoms with Crippen molar-refractivity contribution in [2.75, 3.05) is 6.61 Å². The number of hydrogen-bond acceptors (Lipinski definition) is 4. The molecule has 0 saturated heterocycles. The zero-order chi connectivity index (χ0) is 17.5. The Hall–Kier alpha value is -2.77. The molecule has 24 heavy (non-hydrogen) atoms. The number of furan rings is 1. The second-order valence-corrected chi connectivity index (χ2v) is 4.81. The molecule has 0 atom stereocenters. The number of carbonyl (C=O) groups is 1. The number of rotatable bonds is 2. The molecule has 0 N–H and O–H groups in total. The Morgan fingerprint density at radius 3 is 2.67 bits per heavy atom. The summed E-state index contributed by atoms with van der Waals surface area (Å²) >= 11 is 0. The smallest absolute Gasteiger partial charge is 0.452 e. The molecule has 0 spiro atoms. The molecule has 1 aliphatic rings. The van der Waals surface area contributed by atoms with Crippen LogP contribution in [0, 0.1) is 0 Å². The molecule has 1 aromatic heterocycles. The van der Waals surface area contributed by atoms with Gasteiger partial charge < -0.3 is 13.9 Å². The molecule has 0 unspecified atom stereocenters. The van der Waals surface area contributed by atoms with E-state index in [-0.39, 0.29) is 29.1 Å². The second-order valence-electron chi connectivity index (χ2n) is 4.81. The van der Waals surface area contributed by atoms with Gasteiger partial charge in [0.05, 0.1) is 17.6 Å². The normalized spacial score (nSPS) is 16.3. The summed E-state index contributed by atoms with van der Waals surface area (Å²) in [6.45, 7) is 1.50.